The summed E-state index contributed by atoms with van der Waals surface area (Å²) in [4.78, 5) is 13.3. The molecule has 0 saturated heterocycles. The summed E-state index contributed by atoms with van der Waals surface area (Å²) in [5, 5.41) is 3.37. The number of amides is 1. The fourth-order valence-corrected chi connectivity index (χ4v) is 2.21. The average Bonchev–Trinajstić information content (AvgIpc) is 2.33. The first-order valence-electron chi connectivity index (χ1n) is 6.47. The molecule has 1 amide bonds. The SMILES string of the molecule is CC(N)CCNc1ccc2c(c1)CCC(=O)N2C. The lowest BCUT2D eigenvalue weighted by atomic mass is 10.0. The lowest BCUT2D eigenvalue weighted by Crippen LogP contribution is -2.31. The zero-order valence-corrected chi connectivity index (χ0v) is 11.1. The van der Waals surface area contributed by atoms with Crippen molar-refractivity contribution in [2.45, 2.75) is 32.2 Å². The molecule has 1 atom stereocenters. The molecule has 0 spiro atoms. The van der Waals surface area contributed by atoms with Gasteiger partial charge in [-0.25, -0.2) is 0 Å². The Kier molecular flexibility index (Phi) is 3.87. The molecule has 18 heavy (non-hydrogen) atoms. The number of aryl methyl sites for hydroxylation is 1. The third kappa shape index (κ3) is 2.82. The van der Waals surface area contributed by atoms with Crippen LogP contribution in [0.25, 0.3) is 0 Å². The highest BCUT2D eigenvalue weighted by Gasteiger charge is 2.20. The summed E-state index contributed by atoms with van der Waals surface area (Å²) < 4.78 is 0. The van der Waals surface area contributed by atoms with Gasteiger partial charge >= 0.3 is 0 Å². The number of anilines is 2. The molecular weight excluding hydrogens is 226 g/mol. The molecule has 1 aromatic rings. The van der Waals surface area contributed by atoms with E-state index in [9.17, 15) is 4.79 Å². The smallest absolute Gasteiger partial charge is 0.227 e. The lowest BCUT2D eigenvalue weighted by Gasteiger charge is -2.26. The number of nitrogens with zero attached hydrogens (tertiary/aromatic N) is 1. The Morgan fingerprint density at radius 1 is 1.44 bits per heavy atom. The first kappa shape index (κ1) is 12.9. The van der Waals surface area contributed by atoms with E-state index in [-0.39, 0.29) is 11.9 Å². The van der Waals surface area contributed by atoms with Crippen molar-refractivity contribution in [3.8, 4) is 0 Å². The fourth-order valence-electron chi connectivity index (χ4n) is 2.21. The van der Waals surface area contributed by atoms with Gasteiger partial charge < -0.3 is 16.0 Å². The highest BCUT2D eigenvalue weighted by Crippen LogP contribution is 2.29. The number of nitrogens with one attached hydrogen (secondary N) is 1. The van der Waals surface area contributed by atoms with E-state index in [0.717, 1.165) is 30.8 Å². The third-order valence-electron chi connectivity index (χ3n) is 3.35. The Balaban J connectivity index is 2.06. The van der Waals surface area contributed by atoms with Crippen LogP contribution in [-0.2, 0) is 11.2 Å². The Bertz CT molecular complexity index is 443. The van der Waals surface area contributed by atoms with Crippen molar-refractivity contribution in [1.82, 2.24) is 0 Å². The summed E-state index contributed by atoms with van der Waals surface area (Å²) in [5.74, 6) is 0.195. The number of fused-ring (bicyclic) bond motifs is 1. The summed E-state index contributed by atoms with van der Waals surface area (Å²) in [7, 11) is 1.84. The maximum atomic E-state index is 11.6. The molecule has 0 aromatic heterocycles. The molecule has 0 radical (unpaired) electrons. The number of rotatable bonds is 4. The van der Waals surface area contributed by atoms with Crippen LogP contribution < -0.4 is 16.0 Å². The van der Waals surface area contributed by atoms with E-state index in [1.54, 1.807) is 4.90 Å². The molecule has 0 fully saturated rings. The number of carbonyl (C=O) groups is 1. The zero-order valence-electron chi connectivity index (χ0n) is 11.1. The Morgan fingerprint density at radius 3 is 2.94 bits per heavy atom. The molecule has 3 N–H and O–H groups in total. The maximum Gasteiger partial charge on any atom is 0.227 e. The second-order valence-corrected chi connectivity index (χ2v) is 4.99. The van der Waals surface area contributed by atoms with E-state index in [0.29, 0.717) is 6.42 Å². The summed E-state index contributed by atoms with van der Waals surface area (Å²) in [6.07, 6.45) is 2.39. The zero-order chi connectivity index (χ0) is 13.1. The van der Waals surface area contributed by atoms with Crippen molar-refractivity contribution in [2.24, 2.45) is 5.73 Å². The number of nitrogens with two attached hydrogens (primary N) is 1. The van der Waals surface area contributed by atoms with Crippen LogP contribution in [0.5, 0.6) is 0 Å². The summed E-state index contributed by atoms with van der Waals surface area (Å²) in [6.45, 7) is 2.89. The molecule has 0 saturated carbocycles. The van der Waals surface area contributed by atoms with E-state index in [2.05, 4.69) is 11.4 Å². The van der Waals surface area contributed by atoms with Gasteiger partial charge in [0.25, 0.3) is 0 Å². The van der Waals surface area contributed by atoms with Gasteiger partial charge in [-0.1, -0.05) is 0 Å². The molecule has 1 aliphatic rings. The van der Waals surface area contributed by atoms with Crippen LogP contribution in [-0.4, -0.2) is 25.5 Å². The van der Waals surface area contributed by atoms with Crippen molar-refractivity contribution in [2.75, 3.05) is 23.8 Å². The van der Waals surface area contributed by atoms with E-state index in [1.165, 1.54) is 5.56 Å². The minimum absolute atomic E-state index is 0.195. The predicted molar refractivity (Wildman–Crippen MR) is 74.9 cm³/mol. The molecule has 0 aliphatic carbocycles. The summed E-state index contributed by atoms with van der Waals surface area (Å²) in [5.41, 5.74) is 9.10. The number of hydrogen-bond acceptors (Lipinski definition) is 3. The van der Waals surface area contributed by atoms with Gasteiger partial charge in [-0.05, 0) is 43.5 Å². The Morgan fingerprint density at radius 2 is 2.22 bits per heavy atom. The van der Waals surface area contributed by atoms with Crippen molar-refractivity contribution in [3.05, 3.63) is 23.8 Å². The van der Waals surface area contributed by atoms with Crippen molar-refractivity contribution in [1.29, 1.82) is 0 Å². The van der Waals surface area contributed by atoms with Gasteiger partial charge in [-0.3, -0.25) is 4.79 Å². The summed E-state index contributed by atoms with van der Waals surface area (Å²) >= 11 is 0. The Hall–Kier alpha value is -1.55. The van der Waals surface area contributed by atoms with Crippen LogP contribution in [0.4, 0.5) is 11.4 Å². The molecule has 2 rings (SSSR count). The van der Waals surface area contributed by atoms with Gasteiger partial charge in [-0.2, -0.15) is 0 Å². The number of carbonyl (C=O) groups excluding carboxylic acids is 1. The molecule has 4 nitrogen and oxygen atoms in total. The molecule has 4 heteroatoms. The Labute approximate surface area is 108 Å². The predicted octanol–water partition coefficient (Wildman–Crippen LogP) is 1.74. The van der Waals surface area contributed by atoms with E-state index in [4.69, 9.17) is 5.73 Å². The van der Waals surface area contributed by atoms with E-state index < -0.39 is 0 Å². The monoisotopic (exact) mass is 247 g/mol. The van der Waals surface area contributed by atoms with Gasteiger partial charge in [0.1, 0.15) is 0 Å². The van der Waals surface area contributed by atoms with Gasteiger partial charge in [0, 0.05) is 37.4 Å². The molecule has 1 unspecified atom stereocenters. The highest BCUT2D eigenvalue weighted by molar-refractivity contribution is 5.96. The van der Waals surface area contributed by atoms with Gasteiger partial charge in [0.2, 0.25) is 5.91 Å². The average molecular weight is 247 g/mol. The van der Waals surface area contributed by atoms with Gasteiger partial charge in [0.05, 0.1) is 0 Å². The van der Waals surface area contributed by atoms with Crippen LogP contribution in [0.1, 0.15) is 25.3 Å². The largest absolute Gasteiger partial charge is 0.385 e. The van der Waals surface area contributed by atoms with E-state index >= 15 is 0 Å². The first-order chi connectivity index (χ1) is 8.58. The molecule has 1 aliphatic heterocycles. The standard InChI is InChI=1S/C14H21N3O/c1-10(15)7-8-16-12-4-5-13-11(9-12)3-6-14(18)17(13)2/h4-5,9-10,16H,3,6-8,15H2,1-2H3. The van der Waals surface area contributed by atoms with Crippen molar-refractivity contribution >= 4 is 17.3 Å². The van der Waals surface area contributed by atoms with Crippen molar-refractivity contribution < 1.29 is 4.79 Å². The highest BCUT2D eigenvalue weighted by atomic mass is 16.2. The minimum Gasteiger partial charge on any atom is -0.385 e. The third-order valence-corrected chi connectivity index (χ3v) is 3.35. The number of benzene rings is 1. The molecule has 1 heterocycles. The quantitative estimate of drug-likeness (QED) is 0.852. The van der Waals surface area contributed by atoms with Crippen LogP contribution in [0.2, 0.25) is 0 Å². The van der Waals surface area contributed by atoms with Gasteiger partial charge in [-0.15, -0.1) is 0 Å². The topological polar surface area (TPSA) is 58.4 Å². The molecular formula is C14H21N3O. The lowest BCUT2D eigenvalue weighted by molar-refractivity contribution is -0.118. The first-order valence-corrected chi connectivity index (χ1v) is 6.47. The molecule has 1 aromatic carbocycles. The number of hydrogen-bond donors (Lipinski definition) is 2. The van der Waals surface area contributed by atoms with Gasteiger partial charge in [0.15, 0.2) is 0 Å². The van der Waals surface area contributed by atoms with Crippen LogP contribution >= 0.6 is 0 Å². The maximum absolute atomic E-state index is 11.6. The molecule has 0 bridgehead atoms. The second kappa shape index (κ2) is 5.40. The minimum atomic E-state index is 0.195. The second-order valence-electron chi connectivity index (χ2n) is 4.99. The van der Waals surface area contributed by atoms with E-state index in [1.807, 2.05) is 26.1 Å². The van der Waals surface area contributed by atoms with Crippen molar-refractivity contribution in [3.63, 3.8) is 0 Å². The normalized spacial score (nSPS) is 16.4. The van der Waals surface area contributed by atoms with Crippen LogP contribution in [0, 0.1) is 0 Å². The fraction of sp³-hybridized carbons (Fsp3) is 0.500. The summed E-state index contributed by atoms with van der Waals surface area (Å²) in [6, 6.07) is 6.40. The molecule has 98 valence electrons. The van der Waals surface area contributed by atoms with Crippen LogP contribution in [0.3, 0.4) is 0 Å². The van der Waals surface area contributed by atoms with Crippen LogP contribution in [0.15, 0.2) is 18.2 Å².